The van der Waals surface area contributed by atoms with Crippen LogP contribution in [-0.4, -0.2) is 67.2 Å². The third kappa shape index (κ3) is 4.09. The van der Waals surface area contributed by atoms with Crippen molar-refractivity contribution in [2.45, 2.75) is 26.2 Å². The van der Waals surface area contributed by atoms with Crippen LogP contribution in [-0.2, 0) is 9.59 Å². The van der Waals surface area contributed by atoms with Crippen LogP contribution in [0.25, 0.3) is 0 Å². The number of nitrogens with zero attached hydrogens (tertiary/aromatic N) is 3. The number of ether oxygens (including phenoxy) is 1. The number of piperazine rings is 1. The number of imide groups is 1. The SMILES string of the molecule is CCOc1ccccc1N1CC[N+]([O-])(CCCN2C(=O)C3CC=CCC3C2=O)CC1. The number of rotatable bonds is 7. The van der Waals surface area contributed by atoms with E-state index in [1.54, 1.807) is 0 Å². The van der Waals surface area contributed by atoms with Gasteiger partial charge < -0.3 is 19.5 Å². The zero-order chi connectivity index (χ0) is 21.1. The van der Waals surface area contributed by atoms with Gasteiger partial charge in [-0.3, -0.25) is 14.5 Å². The van der Waals surface area contributed by atoms with Gasteiger partial charge in [-0.05, 0) is 31.9 Å². The number of hydrogen-bond acceptors (Lipinski definition) is 5. The van der Waals surface area contributed by atoms with Crippen molar-refractivity contribution < 1.29 is 19.0 Å². The molecule has 0 bridgehead atoms. The molecule has 1 aliphatic carbocycles. The van der Waals surface area contributed by atoms with E-state index in [9.17, 15) is 14.8 Å². The predicted molar refractivity (Wildman–Crippen MR) is 115 cm³/mol. The van der Waals surface area contributed by atoms with Crippen molar-refractivity contribution in [3.05, 3.63) is 41.6 Å². The van der Waals surface area contributed by atoms with Crippen molar-refractivity contribution in [1.82, 2.24) is 4.90 Å². The van der Waals surface area contributed by atoms with E-state index in [4.69, 9.17) is 4.74 Å². The molecule has 0 saturated carbocycles. The first-order valence-electron chi connectivity index (χ1n) is 11.1. The number of para-hydroxylation sites is 2. The summed E-state index contributed by atoms with van der Waals surface area (Å²) in [4.78, 5) is 28.8. The minimum atomic E-state index is -0.266. The molecule has 0 aromatic heterocycles. The highest BCUT2D eigenvalue weighted by Gasteiger charge is 2.46. The van der Waals surface area contributed by atoms with Crippen molar-refractivity contribution in [1.29, 1.82) is 0 Å². The molecule has 7 heteroatoms. The fraction of sp³-hybridized carbons (Fsp3) is 0.565. The van der Waals surface area contributed by atoms with Gasteiger partial charge in [0.25, 0.3) is 0 Å². The summed E-state index contributed by atoms with van der Waals surface area (Å²) in [5, 5.41) is 13.2. The third-order valence-corrected chi connectivity index (χ3v) is 6.61. The average molecular weight is 414 g/mol. The number of anilines is 1. The Bertz CT molecular complexity index is 790. The van der Waals surface area contributed by atoms with E-state index in [2.05, 4.69) is 4.90 Å². The fourth-order valence-corrected chi connectivity index (χ4v) is 4.90. The highest BCUT2D eigenvalue weighted by atomic mass is 16.5. The molecule has 162 valence electrons. The average Bonchev–Trinajstić information content (AvgIpc) is 3.00. The smallest absolute Gasteiger partial charge is 0.233 e. The van der Waals surface area contributed by atoms with E-state index >= 15 is 0 Å². The van der Waals surface area contributed by atoms with E-state index in [-0.39, 0.29) is 28.3 Å². The largest absolute Gasteiger partial charge is 0.633 e. The summed E-state index contributed by atoms with van der Waals surface area (Å²) < 4.78 is 5.46. The molecule has 0 radical (unpaired) electrons. The van der Waals surface area contributed by atoms with E-state index in [1.165, 1.54) is 4.90 Å². The van der Waals surface area contributed by atoms with Gasteiger partial charge in [-0.25, -0.2) is 0 Å². The molecule has 2 amide bonds. The lowest BCUT2D eigenvalue weighted by molar-refractivity contribution is -0.881. The standard InChI is InChI=1S/C23H31N3O4/c1-2-30-21-11-6-5-10-20(21)24-13-16-26(29,17-14-24)15-7-12-25-22(27)18-8-3-4-9-19(18)23(25)28/h3-6,10-11,18-19H,2,7-9,12-17H2,1H3. The molecule has 2 fully saturated rings. The molecule has 2 atom stereocenters. The number of fused-ring (bicyclic) bond motifs is 1. The Hall–Kier alpha value is -2.38. The maximum absolute atomic E-state index is 13.2. The minimum Gasteiger partial charge on any atom is -0.633 e. The van der Waals surface area contributed by atoms with Crippen LogP contribution in [0.4, 0.5) is 5.69 Å². The van der Waals surface area contributed by atoms with E-state index in [0.29, 0.717) is 65.1 Å². The number of carbonyl (C=O) groups is 2. The summed E-state index contributed by atoms with van der Waals surface area (Å²) in [5.74, 6) is 0.375. The van der Waals surface area contributed by atoms with Gasteiger partial charge in [0.05, 0.1) is 56.9 Å². The second-order valence-corrected chi connectivity index (χ2v) is 8.45. The summed E-state index contributed by atoms with van der Waals surface area (Å²) >= 11 is 0. The number of allylic oxidation sites excluding steroid dienone is 2. The molecular weight excluding hydrogens is 382 g/mol. The summed E-state index contributed by atoms with van der Waals surface area (Å²) in [7, 11) is 0. The maximum atomic E-state index is 13.2. The Morgan fingerprint density at radius 3 is 2.33 bits per heavy atom. The lowest BCUT2D eigenvalue weighted by atomic mass is 9.85. The fourth-order valence-electron chi connectivity index (χ4n) is 4.90. The van der Waals surface area contributed by atoms with Crippen molar-refractivity contribution in [3.8, 4) is 5.75 Å². The Morgan fingerprint density at radius 2 is 1.70 bits per heavy atom. The van der Waals surface area contributed by atoms with Crippen LogP contribution >= 0.6 is 0 Å². The molecule has 3 aliphatic rings. The Balaban J connectivity index is 1.29. The molecule has 4 rings (SSSR count). The summed E-state index contributed by atoms with van der Waals surface area (Å²) in [6, 6.07) is 7.95. The van der Waals surface area contributed by atoms with Crippen LogP contribution < -0.4 is 9.64 Å². The van der Waals surface area contributed by atoms with Crippen LogP contribution in [0.2, 0.25) is 0 Å². The molecule has 1 aromatic carbocycles. The maximum Gasteiger partial charge on any atom is 0.233 e. The molecule has 30 heavy (non-hydrogen) atoms. The van der Waals surface area contributed by atoms with Crippen LogP contribution in [0.5, 0.6) is 5.75 Å². The molecule has 2 unspecified atom stereocenters. The van der Waals surface area contributed by atoms with Crippen molar-refractivity contribution in [2.75, 3.05) is 50.8 Å². The van der Waals surface area contributed by atoms with Crippen molar-refractivity contribution in [3.63, 3.8) is 0 Å². The first-order valence-corrected chi connectivity index (χ1v) is 11.1. The number of likely N-dealkylation sites (tertiary alicyclic amines) is 1. The molecule has 0 N–H and O–H groups in total. The molecule has 0 spiro atoms. The van der Waals surface area contributed by atoms with Gasteiger partial charge in [0.15, 0.2) is 0 Å². The highest BCUT2D eigenvalue weighted by molar-refractivity contribution is 6.05. The zero-order valence-corrected chi connectivity index (χ0v) is 17.7. The monoisotopic (exact) mass is 413 g/mol. The lowest BCUT2D eigenvalue weighted by Gasteiger charge is -2.49. The Kier molecular flexibility index (Phi) is 6.11. The quantitative estimate of drug-likeness (QED) is 0.297. The van der Waals surface area contributed by atoms with E-state index < -0.39 is 0 Å². The summed E-state index contributed by atoms with van der Waals surface area (Å²) in [6.45, 7) is 5.71. The first-order chi connectivity index (χ1) is 14.5. The normalized spacial score (nSPS) is 25.5. The summed E-state index contributed by atoms with van der Waals surface area (Å²) in [5.41, 5.74) is 1.04. The second-order valence-electron chi connectivity index (χ2n) is 8.45. The van der Waals surface area contributed by atoms with Crippen molar-refractivity contribution in [2.24, 2.45) is 11.8 Å². The van der Waals surface area contributed by atoms with E-state index in [0.717, 1.165) is 11.4 Å². The summed E-state index contributed by atoms with van der Waals surface area (Å²) in [6.07, 6.45) is 5.87. The van der Waals surface area contributed by atoms with Crippen LogP contribution in [0.15, 0.2) is 36.4 Å². The van der Waals surface area contributed by atoms with Gasteiger partial charge in [-0.15, -0.1) is 0 Å². The predicted octanol–water partition coefficient (Wildman–Crippen LogP) is 2.56. The van der Waals surface area contributed by atoms with Gasteiger partial charge in [0, 0.05) is 13.0 Å². The molecule has 1 aromatic rings. The Morgan fingerprint density at radius 1 is 1.07 bits per heavy atom. The van der Waals surface area contributed by atoms with Crippen LogP contribution in [0.3, 0.4) is 0 Å². The van der Waals surface area contributed by atoms with Gasteiger partial charge >= 0.3 is 0 Å². The topological polar surface area (TPSA) is 72.9 Å². The molecule has 7 nitrogen and oxygen atoms in total. The highest BCUT2D eigenvalue weighted by Crippen LogP contribution is 2.35. The lowest BCUT2D eigenvalue weighted by Crippen LogP contribution is -2.57. The second kappa shape index (κ2) is 8.78. The van der Waals surface area contributed by atoms with Gasteiger partial charge in [-0.2, -0.15) is 0 Å². The molecule has 2 saturated heterocycles. The van der Waals surface area contributed by atoms with Crippen LogP contribution in [0.1, 0.15) is 26.2 Å². The van der Waals surface area contributed by atoms with E-state index in [1.807, 2.05) is 43.3 Å². The molecule has 2 aliphatic heterocycles. The van der Waals surface area contributed by atoms with Gasteiger partial charge in [-0.1, -0.05) is 24.3 Å². The van der Waals surface area contributed by atoms with Gasteiger partial charge in [0.2, 0.25) is 11.8 Å². The Labute approximate surface area is 178 Å². The number of quaternary nitrogens is 1. The van der Waals surface area contributed by atoms with Gasteiger partial charge in [0.1, 0.15) is 5.75 Å². The molecular formula is C23H31N3O4. The zero-order valence-electron chi connectivity index (χ0n) is 17.7. The third-order valence-electron chi connectivity index (χ3n) is 6.61. The number of hydroxylamine groups is 3. The minimum absolute atomic E-state index is 0.0517. The number of carbonyl (C=O) groups excluding carboxylic acids is 2. The number of amides is 2. The van der Waals surface area contributed by atoms with Crippen LogP contribution in [0, 0.1) is 17.0 Å². The van der Waals surface area contributed by atoms with Crippen molar-refractivity contribution >= 4 is 17.5 Å². The first kappa shape index (κ1) is 20.9. The number of benzene rings is 1. The number of hydrogen-bond donors (Lipinski definition) is 0. The molecule has 2 heterocycles.